The van der Waals surface area contributed by atoms with Crippen LogP contribution < -0.4 is 5.73 Å². The van der Waals surface area contributed by atoms with Gasteiger partial charge in [-0.3, -0.25) is 0 Å². The second-order valence-corrected chi connectivity index (χ2v) is 5.90. The zero-order valence-corrected chi connectivity index (χ0v) is 11.7. The maximum Gasteiger partial charge on any atom is 0.110 e. The molecule has 1 heterocycles. The van der Waals surface area contributed by atoms with E-state index in [9.17, 15) is 0 Å². The molecule has 102 valence electrons. The standard InChI is InChI=1S/C16H23N3/c1-2-10-19-14-7-4-3-6-13(14)18-15(19)11-16(12-17)8-5-9-16/h3-4,6-7H,2,5,8-12,17H2,1H3. The summed E-state index contributed by atoms with van der Waals surface area (Å²) in [6.45, 7) is 4.07. The highest BCUT2D eigenvalue weighted by atomic mass is 15.1. The lowest BCUT2D eigenvalue weighted by molar-refractivity contribution is 0.140. The van der Waals surface area contributed by atoms with E-state index in [1.54, 1.807) is 0 Å². The van der Waals surface area contributed by atoms with E-state index >= 15 is 0 Å². The molecule has 0 radical (unpaired) electrons. The Kier molecular flexibility index (Phi) is 3.31. The molecule has 1 aromatic heterocycles. The van der Waals surface area contributed by atoms with Gasteiger partial charge in [-0.15, -0.1) is 0 Å². The SMILES string of the molecule is CCCn1c(CC2(CN)CCC2)nc2ccccc21. The first-order chi connectivity index (χ1) is 9.28. The molecule has 0 bridgehead atoms. The maximum absolute atomic E-state index is 6.00. The zero-order valence-electron chi connectivity index (χ0n) is 11.7. The van der Waals surface area contributed by atoms with Crippen molar-refractivity contribution in [3.05, 3.63) is 30.1 Å². The molecule has 2 aromatic rings. The molecule has 3 nitrogen and oxygen atoms in total. The summed E-state index contributed by atoms with van der Waals surface area (Å²) < 4.78 is 2.39. The Hall–Kier alpha value is -1.35. The third kappa shape index (κ3) is 2.16. The fraction of sp³-hybridized carbons (Fsp3) is 0.562. The van der Waals surface area contributed by atoms with Gasteiger partial charge in [0.1, 0.15) is 5.82 Å². The molecule has 0 unspecified atom stereocenters. The Morgan fingerprint density at radius 1 is 1.32 bits per heavy atom. The van der Waals surface area contributed by atoms with Gasteiger partial charge < -0.3 is 10.3 Å². The number of nitrogens with zero attached hydrogens (tertiary/aromatic N) is 2. The average Bonchev–Trinajstić information content (AvgIpc) is 2.73. The van der Waals surface area contributed by atoms with Crippen LogP contribution >= 0.6 is 0 Å². The van der Waals surface area contributed by atoms with E-state index in [0.29, 0.717) is 5.41 Å². The number of fused-ring (bicyclic) bond motifs is 1. The van der Waals surface area contributed by atoms with E-state index in [1.807, 2.05) is 0 Å². The molecule has 1 aromatic carbocycles. The number of hydrogen-bond donors (Lipinski definition) is 1. The van der Waals surface area contributed by atoms with Crippen molar-refractivity contribution < 1.29 is 0 Å². The molecule has 1 aliphatic rings. The van der Waals surface area contributed by atoms with E-state index in [4.69, 9.17) is 10.7 Å². The summed E-state index contributed by atoms with van der Waals surface area (Å²) in [5, 5.41) is 0. The summed E-state index contributed by atoms with van der Waals surface area (Å²) >= 11 is 0. The van der Waals surface area contributed by atoms with E-state index in [0.717, 1.165) is 31.4 Å². The molecule has 1 saturated carbocycles. The van der Waals surface area contributed by atoms with E-state index in [2.05, 4.69) is 35.8 Å². The van der Waals surface area contributed by atoms with Gasteiger partial charge in [-0.2, -0.15) is 0 Å². The van der Waals surface area contributed by atoms with Crippen LogP contribution in [0.25, 0.3) is 11.0 Å². The largest absolute Gasteiger partial charge is 0.330 e. The topological polar surface area (TPSA) is 43.8 Å². The van der Waals surface area contributed by atoms with Crippen molar-refractivity contribution in [3.63, 3.8) is 0 Å². The van der Waals surface area contributed by atoms with Gasteiger partial charge >= 0.3 is 0 Å². The summed E-state index contributed by atoms with van der Waals surface area (Å²) in [5.41, 5.74) is 8.72. The third-order valence-corrected chi connectivity index (χ3v) is 4.56. The predicted molar refractivity (Wildman–Crippen MR) is 79.1 cm³/mol. The van der Waals surface area contributed by atoms with Gasteiger partial charge in [0.25, 0.3) is 0 Å². The number of rotatable bonds is 5. The monoisotopic (exact) mass is 257 g/mol. The van der Waals surface area contributed by atoms with Crippen molar-refractivity contribution in [1.82, 2.24) is 9.55 Å². The Morgan fingerprint density at radius 3 is 2.74 bits per heavy atom. The van der Waals surface area contributed by atoms with Gasteiger partial charge in [-0.25, -0.2) is 4.98 Å². The number of aryl methyl sites for hydroxylation is 1. The Labute approximate surface area is 114 Å². The highest BCUT2D eigenvalue weighted by Gasteiger charge is 2.37. The van der Waals surface area contributed by atoms with Crippen LogP contribution in [-0.2, 0) is 13.0 Å². The third-order valence-electron chi connectivity index (χ3n) is 4.56. The number of imidazole rings is 1. The van der Waals surface area contributed by atoms with Crippen LogP contribution in [0.4, 0.5) is 0 Å². The summed E-state index contributed by atoms with van der Waals surface area (Å²) in [7, 11) is 0. The van der Waals surface area contributed by atoms with Crippen molar-refractivity contribution in [3.8, 4) is 0 Å². The van der Waals surface area contributed by atoms with Crippen LogP contribution in [0.2, 0.25) is 0 Å². The van der Waals surface area contributed by atoms with E-state index in [1.165, 1.54) is 30.6 Å². The molecular weight excluding hydrogens is 234 g/mol. The predicted octanol–water partition coefficient (Wildman–Crippen LogP) is 3.12. The first-order valence-electron chi connectivity index (χ1n) is 7.42. The van der Waals surface area contributed by atoms with Crippen LogP contribution in [0.1, 0.15) is 38.4 Å². The van der Waals surface area contributed by atoms with Gasteiger partial charge in [-0.1, -0.05) is 25.5 Å². The van der Waals surface area contributed by atoms with Crippen molar-refractivity contribution in [1.29, 1.82) is 0 Å². The molecule has 0 aliphatic heterocycles. The number of para-hydroxylation sites is 2. The summed E-state index contributed by atoms with van der Waals surface area (Å²) in [6.07, 6.45) is 6.03. The molecule has 0 spiro atoms. The van der Waals surface area contributed by atoms with Crippen molar-refractivity contribution in [2.24, 2.45) is 11.1 Å². The van der Waals surface area contributed by atoms with Gasteiger partial charge in [0.2, 0.25) is 0 Å². The minimum atomic E-state index is 0.326. The number of aromatic nitrogens is 2. The highest BCUT2D eigenvalue weighted by molar-refractivity contribution is 5.75. The van der Waals surface area contributed by atoms with Crippen LogP contribution in [0.3, 0.4) is 0 Å². The Morgan fingerprint density at radius 2 is 2.11 bits per heavy atom. The van der Waals surface area contributed by atoms with Gasteiger partial charge in [0.15, 0.2) is 0 Å². The highest BCUT2D eigenvalue weighted by Crippen LogP contribution is 2.42. The summed E-state index contributed by atoms with van der Waals surface area (Å²) in [5.74, 6) is 1.23. The molecule has 19 heavy (non-hydrogen) atoms. The molecule has 1 fully saturated rings. The normalized spacial score (nSPS) is 17.6. The minimum Gasteiger partial charge on any atom is -0.330 e. The molecule has 0 amide bonds. The molecular formula is C16H23N3. The molecule has 2 N–H and O–H groups in total. The van der Waals surface area contributed by atoms with Gasteiger partial charge in [-0.05, 0) is 43.4 Å². The van der Waals surface area contributed by atoms with Crippen LogP contribution in [0.5, 0.6) is 0 Å². The molecule has 0 atom stereocenters. The van der Waals surface area contributed by atoms with Crippen LogP contribution in [0.15, 0.2) is 24.3 Å². The summed E-state index contributed by atoms with van der Waals surface area (Å²) in [4.78, 5) is 4.85. The molecule has 3 heteroatoms. The summed E-state index contributed by atoms with van der Waals surface area (Å²) in [6, 6.07) is 8.46. The number of benzene rings is 1. The smallest absolute Gasteiger partial charge is 0.110 e. The first-order valence-corrected chi connectivity index (χ1v) is 7.42. The van der Waals surface area contributed by atoms with Crippen molar-refractivity contribution >= 4 is 11.0 Å². The lowest BCUT2D eigenvalue weighted by atomic mass is 9.66. The average molecular weight is 257 g/mol. The fourth-order valence-electron chi connectivity index (χ4n) is 3.20. The second kappa shape index (κ2) is 4.97. The second-order valence-electron chi connectivity index (χ2n) is 5.90. The lowest BCUT2D eigenvalue weighted by Gasteiger charge is -2.40. The van der Waals surface area contributed by atoms with E-state index in [-0.39, 0.29) is 0 Å². The molecule has 1 aliphatic carbocycles. The maximum atomic E-state index is 6.00. The fourth-order valence-corrected chi connectivity index (χ4v) is 3.20. The van der Waals surface area contributed by atoms with Crippen LogP contribution in [-0.4, -0.2) is 16.1 Å². The number of hydrogen-bond acceptors (Lipinski definition) is 2. The molecule has 3 rings (SSSR count). The quantitative estimate of drug-likeness (QED) is 0.894. The first kappa shape index (κ1) is 12.7. The van der Waals surface area contributed by atoms with Crippen LogP contribution in [0, 0.1) is 5.41 Å². The molecule has 0 saturated heterocycles. The van der Waals surface area contributed by atoms with E-state index < -0.39 is 0 Å². The lowest BCUT2D eigenvalue weighted by Crippen LogP contribution is -2.39. The van der Waals surface area contributed by atoms with Crippen molar-refractivity contribution in [2.45, 2.75) is 45.6 Å². The number of nitrogens with two attached hydrogens (primary N) is 1. The zero-order chi connectivity index (χ0) is 13.3. The van der Waals surface area contributed by atoms with Crippen molar-refractivity contribution in [2.75, 3.05) is 6.54 Å². The Balaban J connectivity index is 1.99. The minimum absolute atomic E-state index is 0.326. The van der Waals surface area contributed by atoms with Gasteiger partial charge in [0.05, 0.1) is 11.0 Å². The Bertz CT molecular complexity index is 561. The van der Waals surface area contributed by atoms with Gasteiger partial charge in [0, 0.05) is 13.0 Å².